The van der Waals surface area contributed by atoms with Crippen molar-refractivity contribution in [2.24, 2.45) is 0 Å². The lowest BCUT2D eigenvalue weighted by atomic mass is 9.97. The number of para-hydroxylation sites is 1. The average Bonchev–Trinajstić information content (AvgIpc) is 3.24. The van der Waals surface area contributed by atoms with Gasteiger partial charge in [-0.25, -0.2) is 0 Å². The van der Waals surface area contributed by atoms with Crippen LogP contribution in [0.5, 0.6) is 0 Å². The molecule has 2 aromatic heterocycles. The topological polar surface area (TPSA) is 62.2 Å². The third-order valence-corrected chi connectivity index (χ3v) is 6.17. The Morgan fingerprint density at radius 2 is 1.90 bits per heavy atom. The van der Waals surface area contributed by atoms with Crippen LogP contribution < -0.4 is 10.6 Å². The monoisotopic (exact) mass is 433 g/mol. The highest BCUT2D eigenvalue weighted by Crippen LogP contribution is 2.40. The van der Waals surface area contributed by atoms with Crippen molar-refractivity contribution in [3.05, 3.63) is 83.4 Å². The smallest absolute Gasteiger partial charge is 0.244 e. The Bertz CT molecular complexity index is 1080. The molecule has 2 unspecified atom stereocenters. The van der Waals surface area contributed by atoms with Gasteiger partial charge in [-0.15, -0.1) is 0 Å². The van der Waals surface area contributed by atoms with Crippen molar-refractivity contribution in [2.45, 2.75) is 39.4 Å². The zero-order valence-corrected chi connectivity index (χ0v) is 18.8. The van der Waals surface area contributed by atoms with E-state index in [1.54, 1.807) is 6.20 Å². The summed E-state index contributed by atoms with van der Waals surface area (Å²) in [6.07, 6.45) is 1.79. The van der Waals surface area contributed by atoms with Gasteiger partial charge in [0.1, 0.15) is 6.54 Å². The maximum absolute atomic E-state index is 12.9. The summed E-state index contributed by atoms with van der Waals surface area (Å²) in [4.78, 5) is 19.4. The summed E-state index contributed by atoms with van der Waals surface area (Å²) in [5.41, 5.74) is 5.22. The quantitative estimate of drug-likeness (QED) is 0.573. The van der Waals surface area contributed by atoms with Crippen LogP contribution in [0.4, 0.5) is 5.69 Å². The van der Waals surface area contributed by atoms with Crippen LogP contribution in [0.25, 0.3) is 0 Å². The molecule has 7 heteroatoms. The highest BCUT2D eigenvalue weighted by atomic mass is 32.1. The molecule has 2 atom stereocenters. The average molecular weight is 434 g/mol. The van der Waals surface area contributed by atoms with Crippen molar-refractivity contribution >= 4 is 28.9 Å². The Labute approximate surface area is 188 Å². The molecule has 0 radical (unpaired) electrons. The molecule has 1 amide bonds. The van der Waals surface area contributed by atoms with Crippen LogP contribution >= 0.6 is 12.2 Å². The molecule has 0 spiro atoms. The van der Waals surface area contributed by atoms with Gasteiger partial charge in [-0.3, -0.25) is 9.78 Å². The summed E-state index contributed by atoms with van der Waals surface area (Å²) >= 11 is 5.69. The number of nitrogens with zero attached hydrogens (tertiary/aromatic N) is 3. The van der Waals surface area contributed by atoms with E-state index < -0.39 is 0 Å². The number of hydrogen-bond donors (Lipinski definition) is 2. The molecule has 0 aliphatic carbocycles. The molecule has 6 nitrogen and oxygen atoms in total. The number of benzene rings is 1. The fraction of sp³-hybridized carbons (Fsp3) is 0.292. The van der Waals surface area contributed by atoms with Gasteiger partial charge in [-0.2, -0.15) is 0 Å². The summed E-state index contributed by atoms with van der Waals surface area (Å²) in [5, 5.41) is 6.95. The molecule has 1 aromatic carbocycles. The summed E-state index contributed by atoms with van der Waals surface area (Å²) in [5.74, 6) is -0.105. The summed E-state index contributed by atoms with van der Waals surface area (Å²) in [6.45, 7) is 7.44. The number of carbonyl (C=O) groups is 1. The Morgan fingerprint density at radius 3 is 2.55 bits per heavy atom. The van der Waals surface area contributed by atoms with Gasteiger partial charge in [0.15, 0.2) is 5.11 Å². The molecule has 2 N–H and O–H groups in total. The molecular formula is C24H27N5OS. The van der Waals surface area contributed by atoms with E-state index in [1.165, 1.54) is 11.4 Å². The predicted octanol–water partition coefficient (Wildman–Crippen LogP) is 4.13. The van der Waals surface area contributed by atoms with Crippen LogP contribution in [0.3, 0.4) is 0 Å². The lowest BCUT2D eigenvalue weighted by Gasteiger charge is -2.27. The van der Waals surface area contributed by atoms with E-state index in [-0.39, 0.29) is 24.5 Å². The number of thiocarbonyl (C=S) groups is 1. The van der Waals surface area contributed by atoms with Crippen molar-refractivity contribution in [3.63, 3.8) is 0 Å². The molecule has 1 saturated heterocycles. The number of carbonyl (C=O) groups excluding carboxylic acids is 1. The molecular weight excluding hydrogens is 406 g/mol. The Morgan fingerprint density at radius 1 is 1.16 bits per heavy atom. The second-order valence-electron chi connectivity index (χ2n) is 7.74. The zero-order valence-electron chi connectivity index (χ0n) is 18.0. The number of aromatic nitrogens is 2. The molecule has 3 heterocycles. The highest BCUT2D eigenvalue weighted by molar-refractivity contribution is 7.80. The van der Waals surface area contributed by atoms with E-state index in [0.29, 0.717) is 5.11 Å². The summed E-state index contributed by atoms with van der Waals surface area (Å²) in [7, 11) is 0. The number of rotatable bonds is 6. The zero-order chi connectivity index (χ0) is 22.0. The highest BCUT2D eigenvalue weighted by Gasteiger charge is 2.42. The largest absolute Gasteiger partial charge is 0.352 e. The minimum absolute atomic E-state index is 0.105. The minimum atomic E-state index is -0.135. The molecule has 0 saturated carbocycles. The lowest BCUT2D eigenvalue weighted by Crippen LogP contribution is -2.37. The molecule has 4 rings (SSSR count). The number of anilines is 1. The summed E-state index contributed by atoms with van der Waals surface area (Å²) in [6, 6.07) is 17.3. The fourth-order valence-corrected chi connectivity index (χ4v) is 4.71. The van der Waals surface area contributed by atoms with Gasteiger partial charge in [-0.05, 0) is 68.9 Å². The maximum Gasteiger partial charge on any atom is 0.244 e. The van der Waals surface area contributed by atoms with Gasteiger partial charge in [0.2, 0.25) is 5.91 Å². The van der Waals surface area contributed by atoms with E-state index in [4.69, 9.17) is 12.2 Å². The van der Waals surface area contributed by atoms with Crippen molar-refractivity contribution in [3.8, 4) is 0 Å². The lowest BCUT2D eigenvalue weighted by molar-refractivity contribution is -0.116. The predicted molar refractivity (Wildman–Crippen MR) is 127 cm³/mol. The second-order valence-corrected chi connectivity index (χ2v) is 8.13. The van der Waals surface area contributed by atoms with E-state index in [9.17, 15) is 4.79 Å². The number of aryl methyl sites for hydroxylation is 1. The maximum atomic E-state index is 12.9. The van der Waals surface area contributed by atoms with Crippen LogP contribution in [0, 0.1) is 13.8 Å². The van der Waals surface area contributed by atoms with Crippen molar-refractivity contribution in [1.29, 1.82) is 0 Å². The Hall–Kier alpha value is -3.19. The second kappa shape index (κ2) is 8.89. The number of hydrogen-bond acceptors (Lipinski definition) is 3. The molecule has 1 aliphatic heterocycles. The van der Waals surface area contributed by atoms with E-state index in [1.807, 2.05) is 53.4 Å². The first-order valence-corrected chi connectivity index (χ1v) is 10.9. The normalized spacial score (nSPS) is 18.2. The van der Waals surface area contributed by atoms with Gasteiger partial charge in [0.25, 0.3) is 0 Å². The van der Waals surface area contributed by atoms with E-state index in [2.05, 4.69) is 47.0 Å². The molecule has 1 aliphatic rings. The van der Waals surface area contributed by atoms with Crippen LogP contribution in [0.1, 0.15) is 41.7 Å². The van der Waals surface area contributed by atoms with Gasteiger partial charge >= 0.3 is 0 Å². The third kappa shape index (κ3) is 4.18. The van der Waals surface area contributed by atoms with Gasteiger partial charge in [0, 0.05) is 29.8 Å². The number of amides is 1. The van der Waals surface area contributed by atoms with E-state index in [0.717, 1.165) is 23.5 Å². The van der Waals surface area contributed by atoms with Gasteiger partial charge in [0.05, 0.1) is 17.8 Å². The Balaban J connectivity index is 1.69. The number of pyridine rings is 1. The first-order chi connectivity index (χ1) is 15.0. The van der Waals surface area contributed by atoms with Crippen molar-refractivity contribution in [1.82, 2.24) is 19.8 Å². The fourth-order valence-electron chi connectivity index (χ4n) is 4.40. The van der Waals surface area contributed by atoms with Crippen LogP contribution in [-0.2, 0) is 11.3 Å². The van der Waals surface area contributed by atoms with Gasteiger partial charge < -0.3 is 20.1 Å². The van der Waals surface area contributed by atoms with Crippen LogP contribution in [0.15, 0.2) is 60.8 Å². The SMILES string of the molecule is CCn1c(C)cc(C2C(c3ccccn3)NC(=S)N2CC(=O)Nc2ccccc2)c1C. The molecule has 31 heavy (non-hydrogen) atoms. The number of nitrogens with one attached hydrogen (secondary N) is 2. The first kappa shape index (κ1) is 21.1. The summed E-state index contributed by atoms with van der Waals surface area (Å²) < 4.78 is 2.29. The standard InChI is InChI=1S/C24H27N5OS/c1-4-28-16(2)14-19(17(28)3)23-22(20-12-8-9-13-25-20)27-24(31)29(23)15-21(30)26-18-10-6-5-7-11-18/h5-14,22-23H,4,15H2,1-3H3,(H,26,30)(H,27,31). The van der Waals surface area contributed by atoms with Crippen LogP contribution in [-0.4, -0.2) is 32.0 Å². The molecule has 0 bridgehead atoms. The minimum Gasteiger partial charge on any atom is -0.352 e. The first-order valence-electron chi connectivity index (χ1n) is 10.5. The Kier molecular flexibility index (Phi) is 6.04. The van der Waals surface area contributed by atoms with Crippen molar-refractivity contribution in [2.75, 3.05) is 11.9 Å². The van der Waals surface area contributed by atoms with Crippen molar-refractivity contribution < 1.29 is 4.79 Å². The third-order valence-electron chi connectivity index (χ3n) is 5.82. The molecule has 3 aromatic rings. The molecule has 1 fully saturated rings. The van der Waals surface area contributed by atoms with Gasteiger partial charge in [-0.1, -0.05) is 24.3 Å². The molecule has 160 valence electrons. The van der Waals surface area contributed by atoms with E-state index >= 15 is 0 Å². The van der Waals surface area contributed by atoms with Crippen LogP contribution in [0.2, 0.25) is 0 Å².